The Morgan fingerprint density at radius 1 is 1.45 bits per heavy atom. The highest BCUT2D eigenvalue weighted by Gasteiger charge is 2.05. The van der Waals surface area contributed by atoms with Crippen LogP contribution in [0.15, 0.2) is 29.3 Å². The van der Waals surface area contributed by atoms with Crippen LogP contribution in [-0.4, -0.2) is 36.5 Å². The summed E-state index contributed by atoms with van der Waals surface area (Å²) in [5.41, 5.74) is 0.951. The Labute approximate surface area is 140 Å². The molecule has 0 saturated heterocycles. The maximum absolute atomic E-state index is 10.7. The molecule has 0 radical (unpaired) electrons. The first kappa shape index (κ1) is 19.0. The maximum Gasteiger partial charge on any atom is 0.269 e. The van der Waals surface area contributed by atoms with E-state index in [4.69, 9.17) is 0 Å². The molecule has 8 heteroatoms. The van der Waals surface area contributed by atoms with Gasteiger partial charge in [-0.15, -0.1) is 24.0 Å². The fourth-order valence-electron chi connectivity index (χ4n) is 1.46. The summed E-state index contributed by atoms with van der Waals surface area (Å²) >= 11 is 1.75. The summed E-state index contributed by atoms with van der Waals surface area (Å²) < 4.78 is 0. The van der Waals surface area contributed by atoms with Crippen LogP contribution >= 0.6 is 35.7 Å². The minimum Gasteiger partial charge on any atom is -0.356 e. The van der Waals surface area contributed by atoms with E-state index in [0.29, 0.717) is 12.5 Å². The van der Waals surface area contributed by atoms with E-state index in [1.165, 1.54) is 6.07 Å². The molecule has 0 spiro atoms. The number of benzene rings is 1. The van der Waals surface area contributed by atoms with Crippen LogP contribution in [0.1, 0.15) is 5.56 Å². The molecule has 0 unspecified atom stereocenters. The number of guanidine groups is 1. The molecule has 0 aliphatic rings. The van der Waals surface area contributed by atoms with Gasteiger partial charge < -0.3 is 10.6 Å². The third-order valence-corrected chi connectivity index (χ3v) is 3.02. The molecule has 20 heavy (non-hydrogen) atoms. The van der Waals surface area contributed by atoms with E-state index >= 15 is 0 Å². The molecule has 0 bridgehead atoms. The average molecular weight is 410 g/mol. The van der Waals surface area contributed by atoms with Crippen molar-refractivity contribution in [3.8, 4) is 0 Å². The first-order valence-corrected chi connectivity index (χ1v) is 7.23. The Morgan fingerprint density at radius 2 is 2.20 bits per heavy atom. The van der Waals surface area contributed by atoms with E-state index < -0.39 is 4.92 Å². The predicted molar refractivity (Wildman–Crippen MR) is 95.1 cm³/mol. The summed E-state index contributed by atoms with van der Waals surface area (Å²) in [6, 6.07) is 6.56. The monoisotopic (exact) mass is 410 g/mol. The number of nitro groups is 1. The second-order valence-electron chi connectivity index (χ2n) is 3.77. The lowest BCUT2D eigenvalue weighted by atomic mass is 10.2. The molecule has 1 aromatic carbocycles. The van der Waals surface area contributed by atoms with Crippen LogP contribution in [0.4, 0.5) is 5.69 Å². The molecule has 2 N–H and O–H groups in total. The largest absolute Gasteiger partial charge is 0.356 e. The molecular weight excluding hydrogens is 391 g/mol. The molecule has 0 amide bonds. The van der Waals surface area contributed by atoms with Gasteiger partial charge in [-0.25, -0.2) is 0 Å². The Kier molecular flexibility index (Phi) is 10.2. The number of nitrogens with zero attached hydrogens (tertiary/aromatic N) is 2. The Balaban J connectivity index is 0.00000361. The minimum atomic E-state index is -0.394. The van der Waals surface area contributed by atoms with Crippen LogP contribution in [0.2, 0.25) is 0 Å². The molecule has 1 aromatic rings. The van der Waals surface area contributed by atoms with Crippen LogP contribution in [0.25, 0.3) is 0 Å². The van der Waals surface area contributed by atoms with E-state index in [-0.39, 0.29) is 29.7 Å². The van der Waals surface area contributed by atoms with Crippen LogP contribution < -0.4 is 10.6 Å². The lowest BCUT2D eigenvalue weighted by molar-refractivity contribution is -0.384. The highest BCUT2D eigenvalue weighted by Crippen LogP contribution is 2.12. The van der Waals surface area contributed by atoms with Gasteiger partial charge in [0.25, 0.3) is 5.69 Å². The summed E-state index contributed by atoms with van der Waals surface area (Å²) in [6.45, 7) is 1.33. The number of nitrogens with one attached hydrogen (secondary N) is 2. The second-order valence-corrected chi connectivity index (χ2v) is 4.76. The molecule has 0 aromatic heterocycles. The number of hydrogen-bond donors (Lipinski definition) is 2. The van der Waals surface area contributed by atoms with Crippen molar-refractivity contribution in [1.82, 2.24) is 10.6 Å². The molecule has 0 aliphatic carbocycles. The average Bonchev–Trinajstić information content (AvgIpc) is 2.43. The van der Waals surface area contributed by atoms with Crippen molar-refractivity contribution in [3.05, 3.63) is 39.9 Å². The third kappa shape index (κ3) is 6.94. The molecule has 6 nitrogen and oxygen atoms in total. The lowest BCUT2D eigenvalue weighted by Crippen LogP contribution is -2.37. The van der Waals surface area contributed by atoms with Crippen LogP contribution in [0.5, 0.6) is 0 Å². The molecule has 1 rings (SSSR count). The van der Waals surface area contributed by atoms with Crippen molar-refractivity contribution in [2.75, 3.05) is 25.6 Å². The summed E-state index contributed by atoms with van der Waals surface area (Å²) in [5, 5.41) is 16.9. The fraction of sp³-hybridized carbons (Fsp3) is 0.417. The van der Waals surface area contributed by atoms with Gasteiger partial charge in [-0.05, 0) is 11.8 Å². The summed E-state index contributed by atoms with van der Waals surface area (Å²) in [6.07, 6.45) is 2.04. The predicted octanol–water partition coefficient (Wildman–Crippen LogP) is 2.24. The van der Waals surface area contributed by atoms with E-state index in [1.54, 1.807) is 30.9 Å². The van der Waals surface area contributed by atoms with Crippen molar-refractivity contribution in [2.24, 2.45) is 4.99 Å². The van der Waals surface area contributed by atoms with Crippen molar-refractivity contribution in [3.63, 3.8) is 0 Å². The molecule has 0 atom stereocenters. The van der Waals surface area contributed by atoms with Gasteiger partial charge in [0.05, 0.1) is 4.92 Å². The van der Waals surface area contributed by atoms with Crippen LogP contribution in [0.3, 0.4) is 0 Å². The highest BCUT2D eigenvalue weighted by molar-refractivity contribution is 14.0. The van der Waals surface area contributed by atoms with Gasteiger partial charge in [0, 0.05) is 38.0 Å². The van der Waals surface area contributed by atoms with E-state index in [2.05, 4.69) is 15.6 Å². The molecule has 112 valence electrons. The van der Waals surface area contributed by atoms with Crippen molar-refractivity contribution >= 4 is 47.4 Å². The number of nitro benzene ring substituents is 1. The maximum atomic E-state index is 10.7. The van der Waals surface area contributed by atoms with Crippen LogP contribution in [-0.2, 0) is 6.54 Å². The lowest BCUT2D eigenvalue weighted by Gasteiger charge is -2.11. The van der Waals surface area contributed by atoms with Crippen molar-refractivity contribution in [2.45, 2.75) is 6.54 Å². The normalized spacial score (nSPS) is 10.6. The molecule has 0 heterocycles. The summed E-state index contributed by atoms with van der Waals surface area (Å²) in [7, 11) is 1.70. The molecule has 0 fully saturated rings. The van der Waals surface area contributed by atoms with E-state index in [1.807, 2.05) is 12.3 Å². The molecule has 0 saturated carbocycles. The Bertz CT molecular complexity index is 457. The van der Waals surface area contributed by atoms with Gasteiger partial charge >= 0.3 is 0 Å². The molecular formula is C12H19IN4O2S. The Hall–Kier alpha value is -1.03. The Morgan fingerprint density at radius 3 is 2.80 bits per heavy atom. The van der Waals surface area contributed by atoms with E-state index in [0.717, 1.165) is 17.9 Å². The first-order chi connectivity index (χ1) is 9.17. The summed E-state index contributed by atoms with van der Waals surface area (Å²) in [5.74, 6) is 1.69. The van der Waals surface area contributed by atoms with Gasteiger partial charge in [-0.3, -0.25) is 15.1 Å². The fourth-order valence-corrected chi connectivity index (χ4v) is 1.76. The topological polar surface area (TPSA) is 79.6 Å². The number of thioether (sulfide) groups is 1. The zero-order chi connectivity index (χ0) is 14.1. The standard InChI is InChI=1S/C12H18N4O2S.HI/c1-13-12(14-6-7-19-2)15-9-10-4-3-5-11(8-10)16(17)18;/h3-5,8H,6-7,9H2,1-2H3,(H2,13,14,15);1H. The quantitative estimate of drug-likeness (QED) is 0.188. The first-order valence-electron chi connectivity index (χ1n) is 5.84. The second kappa shape index (κ2) is 10.7. The smallest absolute Gasteiger partial charge is 0.269 e. The van der Waals surface area contributed by atoms with Crippen molar-refractivity contribution in [1.29, 1.82) is 0 Å². The SMILES string of the molecule is CN=C(NCCSC)NCc1cccc([N+](=O)[O-])c1.I. The zero-order valence-electron chi connectivity index (χ0n) is 11.5. The van der Waals surface area contributed by atoms with Gasteiger partial charge in [0.15, 0.2) is 5.96 Å². The number of halogens is 1. The van der Waals surface area contributed by atoms with Gasteiger partial charge in [-0.1, -0.05) is 12.1 Å². The number of aliphatic imine (C=N–C) groups is 1. The van der Waals surface area contributed by atoms with Gasteiger partial charge in [0.1, 0.15) is 0 Å². The molecule has 0 aliphatic heterocycles. The minimum absolute atomic E-state index is 0. The number of rotatable bonds is 6. The summed E-state index contributed by atoms with van der Waals surface area (Å²) in [4.78, 5) is 14.4. The number of hydrogen-bond acceptors (Lipinski definition) is 4. The van der Waals surface area contributed by atoms with Crippen LogP contribution in [0, 0.1) is 10.1 Å². The zero-order valence-corrected chi connectivity index (χ0v) is 14.6. The number of non-ortho nitro benzene ring substituents is 1. The van der Waals surface area contributed by atoms with E-state index in [9.17, 15) is 10.1 Å². The van der Waals surface area contributed by atoms with Gasteiger partial charge in [-0.2, -0.15) is 11.8 Å². The highest BCUT2D eigenvalue weighted by atomic mass is 127. The van der Waals surface area contributed by atoms with Gasteiger partial charge in [0.2, 0.25) is 0 Å². The third-order valence-electron chi connectivity index (χ3n) is 2.40. The van der Waals surface area contributed by atoms with Crippen molar-refractivity contribution < 1.29 is 4.92 Å².